The Morgan fingerprint density at radius 2 is 1.74 bits per heavy atom. The third-order valence-electron chi connectivity index (χ3n) is 3.66. The minimum atomic E-state index is -0.0356. The van der Waals surface area contributed by atoms with Gasteiger partial charge in [-0.15, -0.1) is 0 Å². The largest absolute Gasteiger partial charge is 0.352 e. The van der Waals surface area contributed by atoms with Crippen LogP contribution in [0.2, 0.25) is 0 Å². The van der Waals surface area contributed by atoms with E-state index in [9.17, 15) is 4.79 Å². The molecule has 23 heavy (non-hydrogen) atoms. The predicted octanol–water partition coefficient (Wildman–Crippen LogP) is 2.90. The van der Waals surface area contributed by atoms with Crippen LogP contribution in [-0.2, 0) is 13.0 Å². The molecule has 0 unspecified atom stereocenters. The van der Waals surface area contributed by atoms with Crippen LogP contribution in [0.25, 0.3) is 0 Å². The van der Waals surface area contributed by atoms with E-state index in [0.29, 0.717) is 18.7 Å². The molecule has 0 fully saturated rings. The van der Waals surface area contributed by atoms with Crippen LogP contribution >= 0.6 is 0 Å². The minimum absolute atomic E-state index is 0.0356. The number of nitrogens with zero attached hydrogens (tertiary/aromatic N) is 2. The van der Waals surface area contributed by atoms with Gasteiger partial charge < -0.3 is 5.32 Å². The third kappa shape index (κ3) is 4.30. The van der Waals surface area contributed by atoms with Crippen LogP contribution in [0.5, 0.6) is 0 Å². The van der Waals surface area contributed by atoms with Crippen molar-refractivity contribution < 1.29 is 4.79 Å². The number of amides is 1. The second-order valence-corrected chi connectivity index (χ2v) is 5.39. The summed E-state index contributed by atoms with van der Waals surface area (Å²) >= 11 is 0. The van der Waals surface area contributed by atoms with Gasteiger partial charge in [0.2, 0.25) is 0 Å². The summed E-state index contributed by atoms with van der Waals surface area (Å²) < 4.78 is 1.86. The van der Waals surface area contributed by atoms with Crippen LogP contribution < -0.4 is 5.32 Å². The lowest BCUT2D eigenvalue weighted by molar-refractivity contribution is 0.0954. The quantitative estimate of drug-likeness (QED) is 0.761. The fraction of sp³-hybridized carbons (Fsp3) is 0.158. The zero-order chi connectivity index (χ0) is 15.9. The van der Waals surface area contributed by atoms with E-state index in [-0.39, 0.29) is 5.91 Å². The molecule has 3 rings (SSSR count). The van der Waals surface area contributed by atoms with Gasteiger partial charge in [0.15, 0.2) is 0 Å². The molecular weight excluding hydrogens is 286 g/mol. The summed E-state index contributed by atoms with van der Waals surface area (Å²) in [7, 11) is 0. The Morgan fingerprint density at radius 3 is 2.43 bits per heavy atom. The number of benzene rings is 2. The fourth-order valence-corrected chi connectivity index (χ4v) is 2.41. The van der Waals surface area contributed by atoms with Crippen LogP contribution in [0.15, 0.2) is 73.1 Å². The van der Waals surface area contributed by atoms with Gasteiger partial charge in [-0.05, 0) is 35.7 Å². The Balaban J connectivity index is 1.51. The summed E-state index contributed by atoms with van der Waals surface area (Å²) in [6, 6.07) is 19.7. The van der Waals surface area contributed by atoms with Crippen molar-refractivity contribution in [1.29, 1.82) is 0 Å². The standard InChI is InChI=1S/C19H19N3O/c23-19(20-13-11-16-5-2-1-3-6-16)18-9-7-17(8-10-18)15-22-14-4-12-21-22/h1-10,12,14H,11,13,15H2,(H,20,23). The number of carbonyl (C=O) groups excluding carboxylic acids is 1. The molecular formula is C19H19N3O. The van der Waals surface area contributed by atoms with Gasteiger partial charge in [0.1, 0.15) is 0 Å². The van der Waals surface area contributed by atoms with E-state index in [0.717, 1.165) is 12.0 Å². The first kappa shape index (κ1) is 15.0. The molecule has 0 aliphatic rings. The van der Waals surface area contributed by atoms with Gasteiger partial charge in [-0.2, -0.15) is 5.10 Å². The highest BCUT2D eigenvalue weighted by Gasteiger charge is 2.05. The van der Waals surface area contributed by atoms with Crippen LogP contribution in [-0.4, -0.2) is 22.2 Å². The average molecular weight is 305 g/mol. The topological polar surface area (TPSA) is 46.9 Å². The Labute approximate surface area is 135 Å². The molecule has 0 bridgehead atoms. The van der Waals surface area contributed by atoms with E-state index in [1.54, 1.807) is 6.20 Å². The van der Waals surface area contributed by atoms with E-state index < -0.39 is 0 Å². The Hall–Kier alpha value is -2.88. The molecule has 1 aromatic heterocycles. The van der Waals surface area contributed by atoms with Gasteiger partial charge in [0.25, 0.3) is 5.91 Å². The van der Waals surface area contributed by atoms with E-state index in [1.807, 2.05) is 59.4 Å². The molecule has 4 heteroatoms. The minimum Gasteiger partial charge on any atom is -0.352 e. The lowest BCUT2D eigenvalue weighted by Gasteiger charge is -2.07. The number of hydrogen-bond donors (Lipinski definition) is 1. The molecule has 0 aliphatic heterocycles. The first-order chi connectivity index (χ1) is 11.3. The first-order valence-electron chi connectivity index (χ1n) is 7.70. The van der Waals surface area contributed by atoms with Crippen molar-refractivity contribution in [1.82, 2.24) is 15.1 Å². The molecule has 0 spiro atoms. The summed E-state index contributed by atoms with van der Waals surface area (Å²) in [4.78, 5) is 12.1. The second kappa shape index (κ2) is 7.40. The monoisotopic (exact) mass is 305 g/mol. The highest BCUT2D eigenvalue weighted by atomic mass is 16.1. The van der Waals surface area contributed by atoms with Gasteiger partial charge in [0, 0.05) is 24.5 Å². The Kier molecular flexibility index (Phi) is 4.84. The maximum absolute atomic E-state index is 12.1. The van der Waals surface area contributed by atoms with E-state index in [4.69, 9.17) is 0 Å². The van der Waals surface area contributed by atoms with Gasteiger partial charge in [-0.1, -0.05) is 42.5 Å². The smallest absolute Gasteiger partial charge is 0.251 e. The van der Waals surface area contributed by atoms with Crippen molar-refractivity contribution in [2.45, 2.75) is 13.0 Å². The maximum Gasteiger partial charge on any atom is 0.251 e. The van der Waals surface area contributed by atoms with Crippen molar-refractivity contribution >= 4 is 5.91 Å². The molecule has 0 saturated heterocycles. The molecule has 1 N–H and O–H groups in total. The van der Waals surface area contributed by atoms with E-state index in [1.165, 1.54) is 5.56 Å². The van der Waals surface area contributed by atoms with E-state index >= 15 is 0 Å². The zero-order valence-electron chi connectivity index (χ0n) is 12.9. The van der Waals surface area contributed by atoms with Gasteiger partial charge in [-0.3, -0.25) is 9.48 Å². The first-order valence-corrected chi connectivity index (χ1v) is 7.70. The highest BCUT2D eigenvalue weighted by molar-refractivity contribution is 5.94. The summed E-state index contributed by atoms with van der Waals surface area (Å²) in [5.74, 6) is -0.0356. The van der Waals surface area contributed by atoms with Gasteiger partial charge in [0.05, 0.1) is 6.54 Å². The molecule has 116 valence electrons. The second-order valence-electron chi connectivity index (χ2n) is 5.39. The van der Waals surface area contributed by atoms with Crippen molar-refractivity contribution in [2.75, 3.05) is 6.54 Å². The molecule has 1 amide bonds. The lowest BCUT2D eigenvalue weighted by Crippen LogP contribution is -2.25. The third-order valence-corrected chi connectivity index (χ3v) is 3.66. The molecule has 0 atom stereocenters. The molecule has 0 aliphatic carbocycles. The van der Waals surface area contributed by atoms with Crippen molar-refractivity contribution in [3.05, 3.63) is 89.7 Å². The summed E-state index contributed by atoms with van der Waals surface area (Å²) in [5, 5.41) is 7.13. The van der Waals surface area contributed by atoms with Crippen LogP contribution in [0.3, 0.4) is 0 Å². The molecule has 0 radical (unpaired) electrons. The zero-order valence-corrected chi connectivity index (χ0v) is 12.9. The number of rotatable bonds is 6. The molecule has 2 aromatic carbocycles. The van der Waals surface area contributed by atoms with Crippen molar-refractivity contribution in [3.8, 4) is 0 Å². The summed E-state index contributed by atoms with van der Waals surface area (Å²) in [6.07, 6.45) is 4.52. The number of hydrogen-bond acceptors (Lipinski definition) is 2. The van der Waals surface area contributed by atoms with Crippen molar-refractivity contribution in [3.63, 3.8) is 0 Å². The number of aromatic nitrogens is 2. The molecule has 4 nitrogen and oxygen atoms in total. The lowest BCUT2D eigenvalue weighted by atomic mass is 10.1. The van der Waals surface area contributed by atoms with Gasteiger partial charge in [-0.25, -0.2) is 0 Å². The average Bonchev–Trinajstić information content (AvgIpc) is 3.09. The Bertz CT molecular complexity index is 734. The van der Waals surface area contributed by atoms with Gasteiger partial charge >= 0.3 is 0 Å². The molecule has 3 aromatic rings. The fourth-order valence-electron chi connectivity index (χ4n) is 2.41. The molecule has 0 saturated carbocycles. The summed E-state index contributed by atoms with van der Waals surface area (Å²) in [6.45, 7) is 1.35. The summed E-state index contributed by atoms with van der Waals surface area (Å²) in [5.41, 5.74) is 3.03. The van der Waals surface area contributed by atoms with Crippen LogP contribution in [0.4, 0.5) is 0 Å². The van der Waals surface area contributed by atoms with E-state index in [2.05, 4.69) is 22.5 Å². The van der Waals surface area contributed by atoms with Crippen LogP contribution in [0, 0.1) is 0 Å². The normalized spacial score (nSPS) is 10.4. The SMILES string of the molecule is O=C(NCCc1ccccc1)c1ccc(Cn2cccn2)cc1. The predicted molar refractivity (Wildman–Crippen MR) is 90.3 cm³/mol. The Morgan fingerprint density at radius 1 is 0.957 bits per heavy atom. The molecule has 1 heterocycles. The number of nitrogens with one attached hydrogen (secondary N) is 1. The van der Waals surface area contributed by atoms with Crippen molar-refractivity contribution in [2.24, 2.45) is 0 Å². The van der Waals surface area contributed by atoms with Crippen LogP contribution in [0.1, 0.15) is 21.5 Å². The number of carbonyl (C=O) groups is 1. The maximum atomic E-state index is 12.1. The highest BCUT2D eigenvalue weighted by Crippen LogP contribution is 2.06.